The van der Waals surface area contributed by atoms with E-state index in [0.717, 1.165) is 24.5 Å². The number of hydrogen-bond acceptors (Lipinski definition) is 3. The van der Waals surface area contributed by atoms with Crippen molar-refractivity contribution in [1.82, 2.24) is 4.90 Å². The molecule has 3 rings (SSSR count). The third kappa shape index (κ3) is 1.57. The molecule has 0 aromatic carbocycles. The second kappa shape index (κ2) is 3.59. The number of carbonyl (C=O) groups is 1. The molecule has 15 heavy (non-hydrogen) atoms. The molecule has 0 spiro atoms. The van der Waals surface area contributed by atoms with Crippen LogP contribution in [-0.4, -0.2) is 28.5 Å². The number of fused-ring (bicyclic) bond motifs is 1. The van der Waals surface area contributed by atoms with Crippen molar-refractivity contribution in [3.8, 4) is 0 Å². The standard InChI is InChI=1S/C11H13NO2S/c13-10-6-8(9-2-1-4-14-9)7-11-12(10)3-5-15-11/h1-2,4,8,11H,3,5-7H2/t8-,11-/m1/s1. The Hall–Kier alpha value is -0.900. The van der Waals surface area contributed by atoms with Gasteiger partial charge >= 0.3 is 0 Å². The third-order valence-corrected chi connectivity index (χ3v) is 4.41. The van der Waals surface area contributed by atoms with Gasteiger partial charge in [-0.15, -0.1) is 11.8 Å². The van der Waals surface area contributed by atoms with Crippen molar-refractivity contribution >= 4 is 17.7 Å². The molecule has 0 N–H and O–H groups in total. The molecule has 2 atom stereocenters. The normalized spacial score (nSPS) is 30.7. The number of furan rings is 1. The molecule has 2 aliphatic heterocycles. The summed E-state index contributed by atoms with van der Waals surface area (Å²) in [6.07, 6.45) is 3.35. The van der Waals surface area contributed by atoms with Gasteiger partial charge < -0.3 is 9.32 Å². The van der Waals surface area contributed by atoms with Crippen molar-refractivity contribution in [2.75, 3.05) is 12.3 Å². The molecule has 2 fully saturated rings. The van der Waals surface area contributed by atoms with Gasteiger partial charge in [0.2, 0.25) is 5.91 Å². The first-order chi connectivity index (χ1) is 7.34. The minimum atomic E-state index is 0.289. The first-order valence-electron chi connectivity index (χ1n) is 5.29. The topological polar surface area (TPSA) is 33.5 Å². The molecule has 0 saturated carbocycles. The Bertz CT molecular complexity index is 363. The highest BCUT2D eigenvalue weighted by Gasteiger charge is 2.38. The highest BCUT2D eigenvalue weighted by molar-refractivity contribution is 8.00. The zero-order valence-electron chi connectivity index (χ0n) is 8.39. The molecule has 80 valence electrons. The molecule has 3 heterocycles. The monoisotopic (exact) mass is 223 g/mol. The summed E-state index contributed by atoms with van der Waals surface area (Å²) in [5, 5.41) is 0.390. The van der Waals surface area contributed by atoms with E-state index in [9.17, 15) is 4.79 Å². The summed E-state index contributed by atoms with van der Waals surface area (Å²) in [5.74, 6) is 2.63. The number of nitrogens with zero attached hydrogens (tertiary/aromatic N) is 1. The number of piperidine rings is 1. The van der Waals surface area contributed by atoms with E-state index in [1.54, 1.807) is 6.26 Å². The Morgan fingerprint density at radius 3 is 3.27 bits per heavy atom. The first kappa shape index (κ1) is 9.33. The smallest absolute Gasteiger partial charge is 0.224 e. The minimum Gasteiger partial charge on any atom is -0.469 e. The molecule has 4 heteroatoms. The highest BCUT2D eigenvalue weighted by Crippen LogP contribution is 2.39. The van der Waals surface area contributed by atoms with Gasteiger partial charge in [0.1, 0.15) is 5.76 Å². The van der Waals surface area contributed by atoms with Crippen LogP contribution in [0.2, 0.25) is 0 Å². The van der Waals surface area contributed by atoms with Gasteiger partial charge in [0.05, 0.1) is 11.6 Å². The second-order valence-corrected chi connectivity index (χ2v) is 5.35. The molecule has 3 nitrogen and oxygen atoms in total. The maximum Gasteiger partial charge on any atom is 0.224 e. The number of amides is 1. The molecule has 0 bridgehead atoms. The summed E-state index contributed by atoms with van der Waals surface area (Å²) >= 11 is 1.89. The lowest BCUT2D eigenvalue weighted by atomic mass is 9.94. The summed E-state index contributed by atoms with van der Waals surface area (Å²) in [6.45, 7) is 0.930. The van der Waals surface area contributed by atoms with Crippen LogP contribution in [-0.2, 0) is 4.79 Å². The quantitative estimate of drug-likeness (QED) is 0.730. The van der Waals surface area contributed by atoms with E-state index in [2.05, 4.69) is 0 Å². The summed E-state index contributed by atoms with van der Waals surface area (Å²) < 4.78 is 5.39. The molecular formula is C11H13NO2S. The predicted octanol–water partition coefficient (Wildman–Crippen LogP) is 2.06. The van der Waals surface area contributed by atoms with Gasteiger partial charge in [-0.3, -0.25) is 4.79 Å². The Morgan fingerprint density at radius 2 is 2.47 bits per heavy atom. The van der Waals surface area contributed by atoms with Gasteiger partial charge in [-0.1, -0.05) is 0 Å². The summed E-state index contributed by atoms with van der Waals surface area (Å²) in [4.78, 5) is 13.9. The summed E-state index contributed by atoms with van der Waals surface area (Å²) in [5.41, 5.74) is 0. The van der Waals surface area contributed by atoms with Crippen molar-refractivity contribution in [3.63, 3.8) is 0 Å². The van der Waals surface area contributed by atoms with Crippen molar-refractivity contribution in [2.45, 2.75) is 24.1 Å². The zero-order valence-corrected chi connectivity index (χ0v) is 9.20. The van der Waals surface area contributed by atoms with Crippen LogP contribution in [0.5, 0.6) is 0 Å². The van der Waals surface area contributed by atoms with Gasteiger partial charge in [-0.05, 0) is 18.6 Å². The van der Waals surface area contributed by atoms with Crippen LogP contribution >= 0.6 is 11.8 Å². The van der Waals surface area contributed by atoms with Gasteiger partial charge in [0.15, 0.2) is 0 Å². The van der Waals surface area contributed by atoms with Crippen LogP contribution in [0.1, 0.15) is 24.5 Å². The minimum absolute atomic E-state index is 0.289. The summed E-state index contributed by atoms with van der Waals surface area (Å²) in [7, 11) is 0. The average molecular weight is 223 g/mol. The molecule has 1 aromatic heterocycles. The lowest BCUT2D eigenvalue weighted by Gasteiger charge is -2.32. The van der Waals surface area contributed by atoms with E-state index in [1.165, 1.54) is 0 Å². The highest BCUT2D eigenvalue weighted by atomic mass is 32.2. The third-order valence-electron chi connectivity index (χ3n) is 3.16. The first-order valence-corrected chi connectivity index (χ1v) is 6.34. The zero-order chi connectivity index (χ0) is 10.3. The molecule has 0 unspecified atom stereocenters. The Balaban J connectivity index is 1.81. The van der Waals surface area contributed by atoms with Crippen LogP contribution in [0, 0.1) is 0 Å². The predicted molar refractivity (Wildman–Crippen MR) is 58.6 cm³/mol. The molecule has 1 amide bonds. The van der Waals surface area contributed by atoms with E-state index in [-0.39, 0.29) is 5.91 Å². The largest absolute Gasteiger partial charge is 0.469 e. The maximum absolute atomic E-state index is 11.9. The fraction of sp³-hybridized carbons (Fsp3) is 0.545. The lowest BCUT2D eigenvalue weighted by Crippen LogP contribution is -2.40. The second-order valence-electron chi connectivity index (χ2n) is 4.06. The molecule has 0 radical (unpaired) electrons. The van der Waals surface area contributed by atoms with Gasteiger partial charge in [0, 0.05) is 24.6 Å². The number of rotatable bonds is 1. The van der Waals surface area contributed by atoms with Crippen molar-refractivity contribution in [2.24, 2.45) is 0 Å². The van der Waals surface area contributed by atoms with Crippen molar-refractivity contribution in [1.29, 1.82) is 0 Å². The number of carbonyl (C=O) groups excluding carboxylic acids is 1. The number of hydrogen-bond donors (Lipinski definition) is 0. The Morgan fingerprint density at radius 1 is 1.53 bits per heavy atom. The van der Waals surface area contributed by atoms with Gasteiger partial charge in [0.25, 0.3) is 0 Å². The van der Waals surface area contributed by atoms with E-state index < -0.39 is 0 Å². The van der Waals surface area contributed by atoms with Crippen LogP contribution in [0.15, 0.2) is 22.8 Å². The average Bonchev–Trinajstić information content (AvgIpc) is 2.88. The Kier molecular flexibility index (Phi) is 2.24. The molecule has 1 aromatic rings. The fourth-order valence-electron chi connectivity index (χ4n) is 2.40. The van der Waals surface area contributed by atoms with E-state index >= 15 is 0 Å². The van der Waals surface area contributed by atoms with Gasteiger partial charge in [-0.2, -0.15) is 0 Å². The van der Waals surface area contributed by atoms with E-state index in [4.69, 9.17) is 4.42 Å². The molecule has 2 aliphatic rings. The van der Waals surface area contributed by atoms with Crippen LogP contribution in [0.3, 0.4) is 0 Å². The molecular weight excluding hydrogens is 210 g/mol. The number of thioether (sulfide) groups is 1. The van der Waals surface area contributed by atoms with Crippen molar-refractivity contribution < 1.29 is 9.21 Å². The maximum atomic E-state index is 11.9. The van der Waals surface area contributed by atoms with E-state index in [0.29, 0.717) is 17.7 Å². The molecule has 0 aliphatic carbocycles. The molecule has 2 saturated heterocycles. The van der Waals surface area contributed by atoms with Crippen molar-refractivity contribution in [3.05, 3.63) is 24.2 Å². The Labute approximate surface area is 92.8 Å². The fourth-order valence-corrected chi connectivity index (χ4v) is 3.74. The summed E-state index contributed by atoms with van der Waals surface area (Å²) in [6, 6.07) is 3.88. The lowest BCUT2D eigenvalue weighted by molar-refractivity contribution is -0.134. The van der Waals surface area contributed by atoms with Gasteiger partial charge in [-0.25, -0.2) is 0 Å². The van der Waals surface area contributed by atoms with Crippen LogP contribution in [0.4, 0.5) is 0 Å². The van der Waals surface area contributed by atoms with Crippen LogP contribution < -0.4 is 0 Å². The van der Waals surface area contributed by atoms with Crippen LogP contribution in [0.25, 0.3) is 0 Å². The van der Waals surface area contributed by atoms with E-state index in [1.807, 2.05) is 28.8 Å². The SMILES string of the molecule is O=C1C[C@@H](c2ccco2)C[C@H]2SCCN12.